The number of hydrogen-bond donors (Lipinski definition) is 0. The van der Waals surface area contributed by atoms with Gasteiger partial charge in [0.1, 0.15) is 5.75 Å². The fraction of sp³-hybridized carbons (Fsp3) is 0.250. The minimum atomic E-state index is -2.48. The fourth-order valence-electron chi connectivity index (χ4n) is 0.907. The quantitative estimate of drug-likeness (QED) is 0.757. The van der Waals surface area contributed by atoms with E-state index in [1.165, 1.54) is 13.2 Å². The third kappa shape index (κ3) is 1.85. The van der Waals surface area contributed by atoms with Crippen LogP contribution in [-0.4, -0.2) is 7.11 Å². The van der Waals surface area contributed by atoms with Crippen LogP contribution >= 0.6 is 22.6 Å². The summed E-state index contributed by atoms with van der Waals surface area (Å²) in [6.45, 7) is 0. The van der Waals surface area contributed by atoms with E-state index < -0.39 is 6.43 Å². The SMILES string of the molecule is COc1cccc(I)c1C(F)F. The van der Waals surface area contributed by atoms with E-state index in [-0.39, 0.29) is 11.3 Å². The van der Waals surface area contributed by atoms with Crippen molar-refractivity contribution in [1.82, 2.24) is 0 Å². The van der Waals surface area contributed by atoms with Crippen LogP contribution in [0.1, 0.15) is 12.0 Å². The molecule has 0 spiro atoms. The highest BCUT2D eigenvalue weighted by Gasteiger charge is 2.16. The van der Waals surface area contributed by atoms with Crippen LogP contribution in [0.4, 0.5) is 8.78 Å². The van der Waals surface area contributed by atoms with Gasteiger partial charge in [-0.1, -0.05) is 6.07 Å². The van der Waals surface area contributed by atoms with E-state index in [1.807, 2.05) is 22.6 Å². The molecule has 0 saturated carbocycles. The van der Waals surface area contributed by atoms with E-state index in [1.54, 1.807) is 12.1 Å². The molecule has 0 fully saturated rings. The monoisotopic (exact) mass is 284 g/mol. The van der Waals surface area contributed by atoms with Crippen molar-refractivity contribution in [2.45, 2.75) is 6.43 Å². The van der Waals surface area contributed by atoms with Crippen LogP contribution in [0.3, 0.4) is 0 Å². The van der Waals surface area contributed by atoms with Crippen LogP contribution in [0.5, 0.6) is 5.75 Å². The Labute approximate surface area is 82.9 Å². The summed E-state index contributed by atoms with van der Waals surface area (Å²) >= 11 is 1.86. The second-order valence-electron chi connectivity index (χ2n) is 2.16. The van der Waals surface area contributed by atoms with Crippen molar-refractivity contribution in [3.8, 4) is 5.75 Å². The number of rotatable bonds is 2. The van der Waals surface area contributed by atoms with Gasteiger partial charge in [0.05, 0.1) is 12.7 Å². The summed E-state index contributed by atoms with van der Waals surface area (Å²) in [5, 5.41) is 0. The molecular weight excluding hydrogens is 277 g/mol. The van der Waals surface area contributed by atoms with Crippen LogP contribution in [0.25, 0.3) is 0 Å². The zero-order valence-electron chi connectivity index (χ0n) is 6.35. The average Bonchev–Trinajstić information content (AvgIpc) is 2.03. The molecule has 0 atom stereocenters. The second-order valence-corrected chi connectivity index (χ2v) is 3.32. The number of halogens is 3. The summed E-state index contributed by atoms with van der Waals surface area (Å²) in [6, 6.07) is 4.85. The lowest BCUT2D eigenvalue weighted by Gasteiger charge is -2.08. The molecule has 1 nitrogen and oxygen atoms in total. The number of methoxy groups -OCH3 is 1. The van der Waals surface area contributed by atoms with Gasteiger partial charge in [-0.25, -0.2) is 8.78 Å². The maximum atomic E-state index is 12.4. The van der Waals surface area contributed by atoms with E-state index in [0.29, 0.717) is 3.57 Å². The summed E-state index contributed by atoms with van der Waals surface area (Å²) in [5.74, 6) is 0.247. The third-order valence-corrected chi connectivity index (χ3v) is 2.39. The normalized spacial score (nSPS) is 10.4. The van der Waals surface area contributed by atoms with E-state index in [4.69, 9.17) is 4.74 Å². The van der Waals surface area contributed by atoms with Crippen molar-refractivity contribution in [2.75, 3.05) is 7.11 Å². The summed E-state index contributed by atoms with van der Waals surface area (Å²) in [5.41, 5.74) is -0.0272. The van der Waals surface area contributed by atoms with Crippen LogP contribution < -0.4 is 4.74 Å². The molecule has 1 aromatic rings. The predicted molar refractivity (Wildman–Crippen MR) is 50.7 cm³/mol. The van der Waals surface area contributed by atoms with Gasteiger partial charge in [0, 0.05) is 3.57 Å². The molecule has 1 aromatic carbocycles. The Balaban J connectivity index is 3.20. The number of ether oxygens (including phenoxy) is 1. The molecule has 0 aromatic heterocycles. The zero-order chi connectivity index (χ0) is 9.14. The van der Waals surface area contributed by atoms with Crippen LogP contribution in [0.15, 0.2) is 18.2 Å². The van der Waals surface area contributed by atoms with Gasteiger partial charge in [0.2, 0.25) is 0 Å². The molecule has 0 aliphatic heterocycles. The molecular formula is C8H7F2IO. The number of benzene rings is 1. The molecule has 0 amide bonds. The Morgan fingerprint density at radius 2 is 2.08 bits per heavy atom. The van der Waals surface area contributed by atoms with Crippen molar-refractivity contribution < 1.29 is 13.5 Å². The van der Waals surface area contributed by atoms with Crippen molar-refractivity contribution in [3.63, 3.8) is 0 Å². The lowest BCUT2D eigenvalue weighted by atomic mass is 10.2. The molecule has 0 aliphatic carbocycles. The van der Waals surface area contributed by atoms with E-state index in [9.17, 15) is 8.78 Å². The number of hydrogen-bond acceptors (Lipinski definition) is 1. The molecule has 0 unspecified atom stereocenters. The largest absolute Gasteiger partial charge is 0.496 e. The van der Waals surface area contributed by atoms with Crippen LogP contribution in [-0.2, 0) is 0 Å². The highest BCUT2D eigenvalue weighted by Crippen LogP contribution is 2.32. The molecule has 0 aliphatic rings. The molecule has 0 N–H and O–H groups in total. The fourth-order valence-corrected chi connectivity index (χ4v) is 1.62. The smallest absolute Gasteiger partial charge is 0.268 e. The molecule has 0 heterocycles. The van der Waals surface area contributed by atoms with E-state index in [0.717, 1.165) is 0 Å². The number of alkyl halides is 2. The first-order valence-electron chi connectivity index (χ1n) is 3.27. The predicted octanol–water partition coefficient (Wildman–Crippen LogP) is 3.24. The highest BCUT2D eigenvalue weighted by atomic mass is 127. The molecule has 66 valence electrons. The van der Waals surface area contributed by atoms with Gasteiger partial charge < -0.3 is 4.74 Å². The van der Waals surface area contributed by atoms with Gasteiger partial charge in [-0.15, -0.1) is 0 Å². The minimum absolute atomic E-state index is 0.0272. The van der Waals surface area contributed by atoms with Gasteiger partial charge in [-0.2, -0.15) is 0 Å². The second kappa shape index (κ2) is 4.02. The minimum Gasteiger partial charge on any atom is -0.496 e. The Hall–Kier alpha value is -0.390. The Morgan fingerprint density at radius 1 is 1.42 bits per heavy atom. The molecule has 12 heavy (non-hydrogen) atoms. The maximum Gasteiger partial charge on any atom is 0.268 e. The maximum absolute atomic E-state index is 12.4. The van der Waals surface area contributed by atoms with Gasteiger partial charge in [-0.05, 0) is 34.7 Å². The van der Waals surface area contributed by atoms with Crippen molar-refractivity contribution in [2.24, 2.45) is 0 Å². The first-order chi connectivity index (χ1) is 5.66. The first-order valence-corrected chi connectivity index (χ1v) is 4.35. The van der Waals surface area contributed by atoms with Crippen molar-refractivity contribution in [3.05, 3.63) is 27.3 Å². The first kappa shape index (κ1) is 9.70. The Morgan fingerprint density at radius 3 is 2.50 bits per heavy atom. The highest BCUT2D eigenvalue weighted by molar-refractivity contribution is 14.1. The van der Waals surface area contributed by atoms with Crippen molar-refractivity contribution >= 4 is 22.6 Å². The molecule has 4 heteroatoms. The van der Waals surface area contributed by atoms with Crippen LogP contribution in [0, 0.1) is 3.57 Å². The standard InChI is InChI=1S/C8H7F2IO/c1-12-6-4-2-3-5(11)7(6)8(9)10/h2-4,8H,1H3. The summed E-state index contributed by atoms with van der Waals surface area (Å²) in [7, 11) is 1.39. The molecule has 0 saturated heterocycles. The molecule has 0 bridgehead atoms. The summed E-state index contributed by atoms with van der Waals surface area (Å²) in [6.07, 6.45) is -2.48. The average molecular weight is 284 g/mol. The Bertz CT molecular complexity index is 276. The zero-order valence-corrected chi connectivity index (χ0v) is 8.51. The van der Waals surface area contributed by atoms with Gasteiger partial charge >= 0.3 is 0 Å². The topological polar surface area (TPSA) is 9.23 Å². The lowest BCUT2D eigenvalue weighted by molar-refractivity contribution is 0.146. The van der Waals surface area contributed by atoms with Gasteiger partial charge in [0.25, 0.3) is 6.43 Å². The summed E-state index contributed by atoms with van der Waals surface area (Å²) in [4.78, 5) is 0. The van der Waals surface area contributed by atoms with Gasteiger partial charge in [0.15, 0.2) is 0 Å². The van der Waals surface area contributed by atoms with Crippen molar-refractivity contribution in [1.29, 1.82) is 0 Å². The third-order valence-electron chi connectivity index (χ3n) is 1.45. The van der Waals surface area contributed by atoms with E-state index >= 15 is 0 Å². The lowest BCUT2D eigenvalue weighted by Crippen LogP contribution is -1.94. The summed E-state index contributed by atoms with van der Waals surface area (Å²) < 4.78 is 30.1. The van der Waals surface area contributed by atoms with Crippen LogP contribution in [0.2, 0.25) is 0 Å². The Kier molecular flexibility index (Phi) is 3.25. The van der Waals surface area contributed by atoms with E-state index in [2.05, 4.69) is 0 Å². The molecule has 0 radical (unpaired) electrons. The van der Waals surface area contributed by atoms with Gasteiger partial charge in [-0.3, -0.25) is 0 Å². The molecule has 1 rings (SSSR count).